The molecule has 0 spiro atoms. The molecule has 2 bridgehead atoms. The predicted molar refractivity (Wildman–Crippen MR) is 168 cm³/mol. The molecule has 46 heavy (non-hydrogen) atoms. The Kier molecular flexibility index (Phi) is 7.79. The van der Waals surface area contributed by atoms with Gasteiger partial charge < -0.3 is 20.1 Å². The van der Waals surface area contributed by atoms with Crippen LogP contribution >= 0.6 is 23.1 Å². The highest BCUT2D eigenvalue weighted by Crippen LogP contribution is 2.68. The lowest BCUT2D eigenvalue weighted by molar-refractivity contribution is -0.156. The first-order valence-electron chi connectivity index (χ1n) is 15.3. The molecular formula is C33H32FN3O7S2. The summed E-state index contributed by atoms with van der Waals surface area (Å²) in [4.78, 5) is 69.6. The number of rotatable bonds is 9. The van der Waals surface area contributed by atoms with Crippen LogP contribution in [0, 0.1) is 41.3 Å². The van der Waals surface area contributed by atoms with E-state index in [9.17, 15) is 33.5 Å². The van der Waals surface area contributed by atoms with Crippen molar-refractivity contribution in [2.75, 3.05) is 11.9 Å². The van der Waals surface area contributed by atoms with Crippen molar-refractivity contribution >= 4 is 52.5 Å². The number of thiazole rings is 1. The zero-order valence-corrected chi connectivity index (χ0v) is 26.6. The molecule has 3 fully saturated rings. The molecule has 13 heteroatoms. The quantitative estimate of drug-likeness (QED) is 0.282. The smallest absolute Gasteiger partial charge is 0.326 e. The number of anilines is 1. The van der Waals surface area contributed by atoms with Crippen molar-refractivity contribution in [3.8, 4) is 5.75 Å². The first-order chi connectivity index (χ1) is 22.0. The summed E-state index contributed by atoms with van der Waals surface area (Å²) >= 11 is 2.72. The standard InChI is InChI=1S/C33H32FN3O7S2/c1-14(2)11-21(32(41)42)37-30(39)25-19-12-20(26(25)31(37)40)27-24(19)23(28-29(45-27)36-33(43)46-28)15-3-9-18(10-4-15)44-13-22(38)35-17-7-5-16(34)6-8-17/h3-10,14,19-21,23-27H,11-13H2,1-2H3,(H,35,38)(H,36,43)(H,41,42)/t19?,20?,21?,23-,24?,25?,26?,27?/m1/s1. The summed E-state index contributed by atoms with van der Waals surface area (Å²) in [5, 5.41) is 13.4. The number of halogens is 1. The van der Waals surface area contributed by atoms with Crippen LogP contribution in [0.4, 0.5) is 10.1 Å². The number of aromatic nitrogens is 1. The van der Waals surface area contributed by atoms with Crippen LogP contribution in [0.25, 0.3) is 0 Å². The molecule has 1 saturated heterocycles. The highest BCUT2D eigenvalue weighted by Gasteiger charge is 2.70. The lowest BCUT2D eigenvalue weighted by atomic mass is 9.68. The topological polar surface area (TPSA) is 146 Å². The largest absolute Gasteiger partial charge is 0.484 e. The van der Waals surface area contributed by atoms with Crippen molar-refractivity contribution < 1.29 is 33.4 Å². The number of likely N-dealkylation sites (tertiary alicyclic amines) is 1. The number of imide groups is 1. The monoisotopic (exact) mass is 665 g/mol. The van der Waals surface area contributed by atoms with Crippen molar-refractivity contribution in [1.29, 1.82) is 0 Å². The van der Waals surface area contributed by atoms with Gasteiger partial charge >= 0.3 is 10.8 Å². The number of H-pyrrole nitrogens is 1. The maximum Gasteiger partial charge on any atom is 0.326 e. The van der Waals surface area contributed by atoms with Crippen molar-refractivity contribution in [3.63, 3.8) is 0 Å². The summed E-state index contributed by atoms with van der Waals surface area (Å²) < 4.78 is 18.9. The maximum atomic E-state index is 13.9. The summed E-state index contributed by atoms with van der Waals surface area (Å²) in [6.07, 6.45) is 0.900. The molecule has 8 atom stereocenters. The van der Waals surface area contributed by atoms with Crippen molar-refractivity contribution in [3.05, 3.63) is 74.5 Å². The van der Waals surface area contributed by atoms with Crippen LogP contribution in [0.15, 0.2) is 58.4 Å². The molecule has 3 heterocycles. The highest BCUT2D eigenvalue weighted by molar-refractivity contribution is 8.00. The number of hydrogen-bond donors (Lipinski definition) is 3. The van der Waals surface area contributed by atoms with Gasteiger partial charge in [-0.3, -0.25) is 24.1 Å². The van der Waals surface area contributed by atoms with E-state index in [2.05, 4.69) is 10.3 Å². The number of carboxylic acid groups (broad SMARTS) is 1. The van der Waals surface area contributed by atoms with Gasteiger partial charge in [-0.15, -0.1) is 11.8 Å². The molecule has 0 radical (unpaired) electrons. The molecule has 2 aliphatic carbocycles. The maximum absolute atomic E-state index is 13.9. The fourth-order valence-electron chi connectivity index (χ4n) is 8.13. The van der Waals surface area contributed by atoms with Gasteiger partial charge in [-0.25, -0.2) is 9.18 Å². The number of carbonyl (C=O) groups is 4. The lowest BCUT2D eigenvalue weighted by Gasteiger charge is -2.43. The van der Waals surface area contributed by atoms with Gasteiger partial charge in [-0.05, 0) is 78.5 Å². The van der Waals surface area contributed by atoms with Crippen LogP contribution in [0.1, 0.15) is 43.0 Å². The van der Waals surface area contributed by atoms with Gasteiger partial charge in [-0.2, -0.15) is 0 Å². The molecule has 3 aromatic rings. The Morgan fingerprint density at radius 2 is 1.72 bits per heavy atom. The number of ether oxygens (including phenoxy) is 1. The van der Waals surface area contributed by atoms with Crippen LogP contribution < -0.4 is 14.9 Å². The first kappa shape index (κ1) is 30.7. The van der Waals surface area contributed by atoms with Crippen molar-refractivity contribution in [1.82, 2.24) is 9.88 Å². The van der Waals surface area contributed by atoms with Gasteiger partial charge in [0, 0.05) is 21.7 Å². The summed E-state index contributed by atoms with van der Waals surface area (Å²) in [6, 6.07) is 11.6. The number of fused-ring (bicyclic) bond motifs is 9. The molecule has 7 rings (SSSR count). The van der Waals surface area contributed by atoms with E-state index < -0.39 is 35.6 Å². The Morgan fingerprint density at radius 1 is 1.04 bits per heavy atom. The number of aromatic amines is 1. The van der Waals surface area contributed by atoms with Crippen LogP contribution in [0.5, 0.6) is 5.75 Å². The number of benzene rings is 2. The van der Waals surface area contributed by atoms with Crippen molar-refractivity contribution in [2.24, 2.45) is 35.5 Å². The molecule has 2 aromatic carbocycles. The average Bonchev–Trinajstić information content (AvgIpc) is 3.75. The second-order valence-corrected chi connectivity index (χ2v) is 15.1. The van der Waals surface area contributed by atoms with Gasteiger partial charge in [0.15, 0.2) is 6.61 Å². The fraction of sp³-hybridized carbons (Fsp3) is 0.424. The molecule has 4 aliphatic rings. The molecule has 2 saturated carbocycles. The van der Waals surface area contributed by atoms with Gasteiger partial charge in [-0.1, -0.05) is 37.3 Å². The predicted octanol–water partition coefficient (Wildman–Crippen LogP) is 4.57. The lowest BCUT2D eigenvalue weighted by Crippen LogP contribution is -2.47. The van der Waals surface area contributed by atoms with E-state index >= 15 is 0 Å². The number of nitrogens with zero attached hydrogens (tertiary/aromatic N) is 1. The zero-order valence-electron chi connectivity index (χ0n) is 25.0. The minimum Gasteiger partial charge on any atom is -0.484 e. The highest BCUT2D eigenvalue weighted by atomic mass is 32.2. The van der Waals surface area contributed by atoms with E-state index in [-0.39, 0.29) is 64.6 Å². The van der Waals surface area contributed by atoms with Gasteiger partial charge in [0.2, 0.25) is 11.8 Å². The number of aliphatic carboxylic acids is 1. The third-order valence-corrected chi connectivity index (χ3v) is 12.4. The summed E-state index contributed by atoms with van der Waals surface area (Å²) in [5.74, 6) is -3.88. The van der Waals surface area contributed by atoms with E-state index in [1.54, 1.807) is 23.9 Å². The Morgan fingerprint density at radius 3 is 2.37 bits per heavy atom. The van der Waals surface area contributed by atoms with Crippen LogP contribution in [0.2, 0.25) is 0 Å². The average molecular weight is 666 g/mol. The van der Waals surface area contributed by atoms with Crippen LogP contribution in [-0.4, -0.2) is 56.6 Å². The summed E-state index contributed by atoms with van der Waals surface area (Å²) in [6.45, 7) is 3.50. The number of nitrogens with one attached hydrogen (secondary N) is 2. The molecule has 3 N–H and O–H groups in total. The SMILES string of the molecule is CC(C)CC(C(=O)O)N1C(=O)C2C3CC(C2C1=O)C1C3Sc2[nH]c(=O)sc2[C@@H]1c1ccc(OCC(=O)Nc2ccc(F)cc2)cc1. The molecule has 240 valence electrons. The second kappa shape index (κ2) is 11.7. The Hall–Kier alpha value is -3.97. The second-order valence-electron chi connectivity index (χ2n) is 12.9. The normalized spacial score (nSPS) is 28.2. The number of hydrogen-bond acceptors (Lipinski definition) is 8. The van der Waals surface area contributed by atoms with Gasteiger partial charge in [0.25, 0.3) is 5.91 Å². The third-order valence-electron chi connectivity index (χ3n) is 9.79. The Labute approximate surface area is 271 Å². The molecule has 7 unspecified atom stereocenters. The fourth-order valence-corrected chi connectivity index (χ4v) is 11.0. The third kappa shape index (κ3) is 5.13. The number of amides is 3. The molecule has 3 amide bonds. The van der Waals surface area contributed by atoms with E-state index in [0.29, 0.717) is 17.9 Å². The van der Waals surface area contributed by atoms with E-state index in [1.165, 1.54) is 24.3 Å². The zero-order chi connectivity index (χ0) is 32.4. The van der Waals surface area contributed by atoms with E-state index in [0.717, 1.165) is 31.7 Å². The molecule has 1 aromatic heterocycles. The van der Waals surface area contributed by atoms with Crippen LogP contribution in [0.3, 0.4) is 0 Å². The van der Waals surface area contributed by atoms with Gasteiger partial charge in [0.1, 0.15) is 17.6 Å². The number of carbonyl (C=O) groups excluding carboxylic acids is 3. The minimum absolute atomic E-state index is 0.00896. The van der Waals surface area contributed by atoms with E-state index in [1.807, 2.05) is 26.0 Å². The molecule has 2 aliphatic heterocycles. The first-order valence-corrected chi connectivity index (χ1v) is 17.0. The molecule has 10 nitrogen and oxygen atoms in total. The summed E-state index contributed by atoms with van der Waals surface area (Å²) in [5.41, 5.74) is 1.38. The van der Waals surface area contributed by atoms with Gasteiger partial charge in [0.05, 0.1) is 16.9 Å². The van der Waals surface area contributed by atoms with E-state index in [4.69, 9.17) is 4.74 Å². The Balaban J connectivity index is 1.13. The number of thioether (sulfide) groups is 1. The summed E-state index contributed by atoms with van der Waals surface area (Å²) in [7, 11) is 0. The molecular weight excluding hydrogens is 634 g/mol. The minimum atomic E-state index is -1.18. The Bertz CT molecular complexity index is 1770. The van der Waals surface area contributed by atoms with Crippen LogP contribution in [-0.2, 0) is 19.2 Å². The van der Waals surface area contributed by atoms with Crippen molar-refractivity contribution in [2.45, 2.75) is 48.9 Å². The number of carboxylic acids is 1.